The summed E-state index contributed by atoms with van der Waals surface area (Å²) in [6.07, 6.45) is 2.33. The Balaban J connectivity index is 1.36. The number of fused-ring (bicyclic) bond motifs is 1. The van der Waals surface area contributed by atoms with Crippen molar-refractivity contribution in [3.8, 4) is 0 Å². The van der Waals surface area contributed by atoms with E-state index in [9.17, 15) is 14.4 Å². The number of esters is 1. The Morgan fingerprint density at radius 3 is 2.68 bits per heavy atom. The largest absolute Gasteiger partial charge is 0.463 e. The Bertz CT molecular complexity index is 1370. The molecule has 4 aromatic rings. The fourth-order valence-corrected chi connectivity index (χ4v) is 5.27. The summed E-state index contributed by atoms with van der Waals surface area (Å²) in [5.74, 6) is -0.891. The molecule has 0 N–H and O–H groups in total. The van der Waals surface area contributed by atoms with Gasteiger partial charge in [0.05, 0.1) is 18.5 Å². The van der Waals surface area contributed by atoms with Crippen LogP contribution in [-0.2, 0) is 20.9 Å². The first-order chi connectivity index (χ1) is 16.5. The fraction of sp³-hybridized carbons (Fsp3) is 0.280. The molecule has 174 valence electrons. The molecule has 2 atom stereocenters. The fourth-order valence-electron chi connectivity index (χ4n) is 4.39. The van der Waals surface area contributed by atoms with Crippen molar-refractivity contribution in [3.63, 3.8) is 0 Å². The van der Waals surface area contributed by atoms with Gasteiger partial charge < -0.3 is 9.64 Å². The normalized spacial score (nSPS) is 18.4. The van der Waals surface area contributed by atoms with E-state index in [4.69, 9.17) is 4.74 Å². The molecule has 9 heteroatoms. The number of benzene rings is 1. The highest BCUT2D eigenvalue weighted by molar-refractivity contribution is 7.10. The number of amides is 1. The van der Waals surface area contributed by atoms with E-state index in [2.05, 4.69) is 5.10 Å². The van der Waals surface area contributed by atoms with E-state index < -0.39 is 12.0 Å². The van der Waals surface area contributed by atoms with E-state index in [1.165, 1.54) is 20.4 Å². The van der Waals surface area contributed by atoms with Gasteiger partial charge in [-0.15, -0.1) is 16.4 Å². The lowest BCUT2D eigenvalue weighted by molar-refractivity contribution is -0.151. The average Bonchev–Trinajstić information content (AvgIpc) is 3.48. The zero-order valence-corrected chi connectivity index (χ0v) is 19.5. The molecule has 1 amide bonds. The molecule has 3 aromatic heterocycles. The number of nitrogens with zero attached hydrogens (tertiary/aromatic N) is 4. The van der Waals surface area contributed by atoms with Crippen molar-refractivity contribution < 1.29 is 14.3 Å². The Kier molecular flexibility index (Phi) is 6.02. The molecule has 0 saturated carbocycles. The second-order valence-electron chi connectivity index (χ2n) is 8.31. The number of aromatic nitrogens is 3. The number of ether oxygens (including phenoxy) is 1. The molecule has 0 bridgehead atoms. The van der Waals surface area contributed by atoms with E-state index >= 15 is 0 Å². The minimum Gasteiger partial charge on any atom is -0.463 e. The molecule has 4 heterocycles. The van der Waals surface area contributed by atoms with Crippen LogP contribution in [0, 0.1) is 12.8 Å². The molecule has 0 spiro atoms. The van der Waals surface area contributed by atoms with Crippen LogP contribution in [-0.4, -0.2) is 32.7 Å². The maximum atomic E-state index is 13.2. The van der Waals surface area contributed by atoms with Gasteiger partial charge in [0.2, 0.25) is 5.91 Å². The third-order valence-corrected chi connectivity index (χ3v) is 7.03. The number of hydrogen-bond donors (Lipinski definition) is 0. The number of thiophene rings is 1. The van der Waals surface area contributed by atoms with Gasteiger partial charge in [-0.25, -0.2) is 9.48 Å². The Morgan fingerprint density at radius 2 is 1.94 bits per heavy atom. The molecular formula is C25H24N4O4S. The highest BCUT2D eigenvalue weighted by Gasteiger charge is 2.42. The molecule has 0 unspecified atom stereocenters. The van der Waals surface area contributed by atoms with Crippen LogP contribution < -0.4 is 10.6 Å². The van der Waals surface area contributed by atoms with Gasteiger partial charge in [-0.1, -0.05) is 29.8 Å². The number of hydrogen-bond acceptors (Lipinski definition) is 6. The third kappa shape index (κ3) is 4.14. The minimum absolute atomic E-state index is 0.0115. The van der Waals surface area contributed by atoms with Crippen molar-refractivity contribution >= 4 is 34.5 Å². The molecule has 0 aliphatic carbocycles. The molecule has 1 aliphatic rings. The molecule has 5 rings (SSSR count). The lowest BCUT2D eigenvalue weighted by Gasteiger charge is -2.39. The van der Waals surface area contributed by atoms with Gasteiger partial charge in [-0.05, 0) is 49.1 Å². The predicted molar refractivity (Wildman–Crippen MR) is 129 cm³/mol. The number of piperidine rings is 1. The van der Waals surface area contributed by atoms with Crippen molar-refractivity contribution in [3.05, 3.63) is 87.1 Å². The molecular weight excluding hydrogens is 452 g/mol. The van der Waals surface area contributed by atoms with Gasteiger partial charge in [-0.3, -0.25) is 14.0 Å². The summed E-state index contributed by atoms with van der Waals surface area (Å²) in [6.45, 7) is 2.17. The van der Waals surface area contributed by atoms with Crippen LogP contribution in [0.15, 0.2) is 71.0 Å². The highest BCUT2D eigenvalue weighted by Crippen LogP contribution is 2.42. The summed E-state index contributed by atoms with van der Waals surface area (Å²) in [4.78, 5) is 41.3. The quantitative estimate of drug-likeness (QED) is 0.397. The first-order valence-corrected chi connectivity index (χ1v) is 12.0. The van der Waals surface area contributed by atoms with E-state index in [1.54, 1.807) is 29.3 Å². The first-order valence-electron chi connectivity index (χ1n) is 11.2. The van der Waals surface area contributed by atoms with Crippen molar-refractivity contribution in [2.45, 2.75) is 32.4 Å². The summed E-state index contributed by atoms with van der Waals surface area (Å²) in [6, 6.07) is 16.5. The molecule has 1 saturated heterocycles. The lowest BCUT2D eigenvalue weighted by atomic mass is 9.87. The van der Waals surface area contributed by atoms with Gasteiger partial charge in [0, 0.05) is 23.2 Å². The van der Waals surface area contributed by atoms with Gasteiger partial charge in [0.15, 0.2) is 5.65 Å². The summed E-state index contributed by atoms with van der Waals surface area (Å²) < 4.78 is 8.36. The van der Waals surface area contributed by atoms with E-state index in [0.717, 1.165) is 16.1 Å². The third-order valence-electron chi connectivity index (χ3n) is 6.08. The average molecular weight is 477 g/mol. The van der Waals surface area contributed by atoms with Gasteiger partial charge in [0.1, 0.15) is 6.61 Å². The topological polar surface area (TPSA) is 85.9 Å². The standard InChI is InChI=1S/C25H24N4O4S/c1-17-7-9-18(10-8-17)29-22(30)12-11-19(23(29)20-5-4-16-34-20)24(31)33-15-14-28-25(32)27-13-3-2-6-21(27)26-28/h2-10,13,16,19,23H,11-12,14-15H2,1H3/t19-,23+/m1/s1. The van der Waals surface area contributed by atoms with Crippen LogP contribution >= 0.6 is 11.3 Å². The van der Waals surface area contributed by atoms with Crippen LogP contribution in [0.25, 0.3) is 5.65 Å². The number of anilines is 1. The SMILES string of the molecule is Cc1ccc(N2C(=O)CC[C@@H](C(=O)OCCn3nc4ccccn4c3=O)[C@H]2c2cccs2)cc1. The monoisotopic (exact) mass is 476 g/mol. The van der Waals surface area contributed by atoms with E-state index in [1.807, 2.05) is 48.7 Å². The zero-order chi connectivity index (χ0) is 23.7. The number of pyridine rings is 1. The van der Waals surface area contributed by atoms with Crippen LogP contribution in [0.4, 0.5) is 5.69 Å². The molecule has 1 aliphatic heterocycles. The van der Waals surface area contributed by atoms with Crippen molar-refractivity contribution in [1.29, 1.82) is 0 Å². The summed E-state index contributed by atoms with van der Waals surface area (Å²) >= 11 is 1.52. The number of rotatable bonds is 6. The smallest absolute Gasteiger partial charge is 0.350 e. The zero-order valence-electron chi connectivity index (χ0n) is 18.7. The lowest BCUT2D eigenvalue weighted by Crippen LogP contribution is -2.45. The minimum atomic E-state index is -0.504. The first kappa shape index (κ1) is 22.1. The number of carbonyl (C=O) groups excluding carboxylic acids is 2. The molecule has 34 heavy (non-hydrogen) atoms. The maximum absolute atomic E-state index is 13.2. The summed E-state index contributed by atoms with van der Waals surface area (Å²) in [7, 11) is 0. The Labute approximate surface area is 200 Å². The molecule has 1 aromatic carbocycles. The van der Waals surface area contributed by atoms with E-state index in [-0.39, 0.29) is 37.1 Å². The molecule has 1 fully saturated rings. The second-order valence-corrected chi connectivity index (χ2v) is 9.29. The van der Waals surface area contributed by atoms with Crippen molar-refractivity contribution in [2.75, 3.05) is 11.5 Å². The highest BCUT2D eigenvalue weighted by atomic mass is 32.1. The van der Waals surface area contributed by atoms with Crippen LogP contribution in [0.2, 0.25) is 0 Å². The van der Waals surface area contributed by atoms with Crippen LogP contribution in [0.5, 0.6) is 0 Å². The van der Waals surface area contributed by atoms with Gasteiger partial charge >= 0.3 is 11.7 Å². The van der Waals surface area contributed by atoms with Gasteiger partial charge in [0.25, 0.3) is 0 Å². The van der Waals surface area contributed by atoms with Crippen molar-refractivity contribution in [2.24, 2.45) is 5.92 Å². The Hall–Kier alpha value is -3.72. The Morgan fingerprint density at radius 1 is 1.12 bits per heavy atom. The van der Waals surface area contributed by atoms with Gasteiger partial charge in [-0.2, -0.15) is 0 Å². The summed E-state index contributed by atoms with van der Waals surface area (Å²) in [5.41, 5.74) is 2.12. The molecule has 0 radical (unpaired) electrons. The van der Waals surface area contributed by atoms with Crippen LogP contribution in [0.1, 0.15) is 29.3 Å². The van der Waals surface area contributed by atoms with Crippen molar-refractivity contribution in [1.82, 2.24) is 14.2 Å². The second kappa shape index (κ2) is 9.26. The predicted octanol–water partition coefficient (Wildman–Crippen LogP) is 3.59. The number of carbonyl (C=O) groups is 2. The van der Waals surface area contributed by atoms with E-state index in [0.29, 0.717) is 12.1 Å². The molecule has 8 nitrogen and oxygen atoms in total. The summed E-state index contributed by atoms with van der Waals surface area (Å²) in [5, 5.41) is 6.21. The van der Waals surface area contributed by atoms with Crippen LogP contribution in [0.3, 0.4) is 0 Å². The maximum Gasteiger partial charge on any atom is 0.350 e. The number of aryl methyl sites for hydroxylation is 1.